The van der Waals surface area contributed by atoms with E-state index in [1.54, 1.807) is 6.07 Å². The molecule has 0 bridgehead atoms. The van der Waals surface area contributed by atoms with Crippen LogP contribution in [0.25, 0.3) is 0 Å². The first-order chi connectivity index (χ1) is 9.06. The van der Waals surface area contributed by atoms with Crippen LogP contribution in [0.4, 0.5) is 10.1 Å². The fourth-order valence-corrected chi connectivity index (χ4v) is 2.61. The van der Waals surface area contributed by atoms with Crippen molar-refractivity contribution in [1.29, 1.82) is 0 Å². The molecule has 0 amide bonds. The number of nitrogens with zero attached hydrogens (tertiary/aromatic N) is 1. The summed E-state index contributed by atoms with van der Waals surface area (Å²) in [6.07, 6.45) is 4.96. The van der Waals surface area contributed by atoms with Crippen molar-refractivity contribution in [2.45, 2.75) is 39.2 Å². The molecule has 5 heteroatoms. The zero-order valence-electron chi connectivity index (χ0n) is 11.1. The monoisotopic (exact) mass is 266 g/mol. The average molecular weight is 266 g/mol. The first-order valence-electron chi connectivity index (χ1n) is 6.70. The van der Waals surface area contributed by atoms with Gasteiger partial charge in [0, 0.05) is 19.2 Å². The molecule has 4 nitrogen and oxygen atoms in total. The van der Waals surface area contributed by atoms with Gasteiger partial charge in [-0.2, -0.15) is 4.39 Å². The molecule has 1 fully saturated rings. The second kappa shape index (κ2) is 5.65. The van der Waals surface area contributed by atoms with Gasteiger partial charge in [0.25, 0.3) is 0 Å². The predicted molar refractivity (Wildman–Crippen MR) is 71.3 cm³/mol. The third-order valence-corrected chi connectivity index (χ3v) is 4.20. The second-order valence-electron chi connectivity index (χ2n) is 5.35. The number of hydrogen-bond donors (Lipinski definition) is 1. The first kappa shape index (κ1) is 13.9. The molecule has 1 N–H and O–H groups in total. The zero-order chi connectivity index (χ0) is 13.9. The lowest BCUT2D eigenvalue weighted by molar-refractivity contribution is -0.387. The fraction of sp³-hybridized carbons (Fsp3) is 0.571. The number of nitrogens with one attached hydrogen (secondary N) is 1. The standard InChI is InChI=1S/C14H19FN2O2/c1-2-14(6-3-7-14)10-16-9-11-4-5-13(17(18)19)12(15)8-11/h4-5,8,16H,2-3,6-7,9-10H2,1H3. The number of halogens is 1. The number of nitro benzene ring substituents is 1. The molecule has 0 aromatic heterocycles. The van der Waals surface area contributed by atoms with E-state index in [1.165, 1.54) is 31.4 Å². The van der Waals surface area contributed by atoms with Crippen LogP contribution >= 0.6 is 0 Å². The lowest BCUT2D eigenvalue weighted by Gasteiger charge is -2.41. The van der Waals surface area contributed by atoms with E-state index in [-0.39, 0.29) is 0 Å². The third-order valence-electron chi connectivity index (χ3n) is 4.20. The maximum Gasteiger partial charge on any atom is 0.304 e. The lowest BCUT2D eigenvalue weighted by atomic mass is 9.67. The molecule has 2 rings (SSSR count). The van der Waals surface area contributed by atoms with Gasteiger partial charge in [0.15, 0.2) is 0 Å². The molecule has 0 aliphatic heterocycles. The maximum atomic E-state index is 13.4. The molecule has 1 aliphatic carbocycles. The van der Waals surface area contributed by atoms with Crippen LogP contribution < -0.4 is 5.32 Å². The molecule has 104 valence electrons. The van der Waals surface area contributed by atoms with Crippen molar-refractivity contribution >= 4 is 5.69 Å². The van der Waals surface area contributed by atoms with Crippen molar-refractivity contribution in [3.05, 3.63) is 39.7 Å². The summed E-state index contributed by atoms with van der Waals surface area (Å²) in [6.45, 7) is 3.69. The van der Waals surface area contributed by atoms with E-state index >= 15 is 0 Å². The number of hydrogen-bond acceptors (Lipinski definition) is 3. The van der Waals surface area contributed by atoms with Crippen LogP contribution in [0.3, 0.4) is 0 Å². The highest BCUT2D eigenvalue weighted by molar-refractivity contribution is 5.34. The van der Waals surface area contributed by atoms with E-state index in [0.29, 0.717) is 12.0 Å². The average Bonchev–Trinajstić information content (AvgIpc) is 2.32. The zero-order valence-corrected chi connectivity index (χ0v) is 11.1. The molecule has 19 heavy (non-hydrogen) atoms. The SMILES string of the molecule is CCC1(CNCc2ccc([N+](=O)[O-])c(F)c2)CCC1. The molecule has 0 radical (unpaired) electrons. The normalized spacial score (nSPS) is 16.9. The Hall–Kier alpha value is -1.49. The van der Waals surface area contributed by atoms with Crippen molar-refractivity contribution in [2.75, 3.05) is 6.54 Å². The van der Waals surface area contributed by atoms with Crippen LogP contribution in [0.1, 0.15) is 38.2 Å². The Morgan fingerprint density at radius 1 is 1.47 bits per heavy atom. The maximum absolute atomic E-state index is 13.4. The Bertz CT molecular complexity index is 467. The first-order valence-corrected chi connectivity index (χ1v) is 6.70. The van der Waals surface area contributed by atoms with E-state index in [4.69, 9.17) is 0 Å². The highest BCUT2D eigenvalue weighted by Gasteiger charge is 2.34. The van der Waals surface area contributed by atoms with Gasteiger partial charge in [-0.05, 0) is 36.3 Å². The van der Waals surface area contributed by atoms with E-state index in [2.05, 4.69) is 12.2 Å². The number of benzene rings is 1. The minimum absolute atomic E-state index is 0.416. The molecule has 1 aliphatic rings. The van der Waals surface area contributed by atoms with Crippen molar-refractivity contribution in [3.8, 4) is 0 Å². The summed E-state index contributed by atoms with van der Waals surface area (Å²) in [5, 5.41) is 13.8. The van der Waals surface area contributed by atoms with Crippen LogP contribution in [0, 0.1) is 21.3 Å². The highest BCUT2D eigenvalue weighted by atomic mass is 19.1. The quantitative estimate of drug-likeness (QED) is 0.634. The summed E-state index contributed by atoms with van der Waals surface area (Å²) < 4.78 is 13.4. The van der Waals surface area contributed by atoms with Crippen LogP contribution in [0.15, 0.2) is 18.2 Å². The van der Waals surface area contributed by atoms with Crippen LogP contribution in [0.2, 0.25) is 0 Å². The van der Waals surface area contributed by atoms with Crippen LogP contribution in [0.5, 0.6) is 0 Å². The molecule has 1 aromatic rings. The molecule has 0 heterocycles. The fourth-order valence-electron chi connectivity index (χ4n) is 2.61. The second-order valence-corrected chi connectivity index (χ2v) is 5.35. The molecule has 0 spiro atoms. The van der Waals surface area contributed by atoms with Crippen LogP contribution in [-0.2, 0) is 6.54 Å². The van der Waals surface area contributed by atoms with Crippen LogP contribution in [-0.4, -0.2) is 11.5 Å². The highest BCUT2D eigenvalue weighted by Crippen LogP contribution is 2.43. The molecule has 1 saturated carbocycles. The summed E-state index contributed by atoms with van der Waals surface area (Å²) in [7, 11) is 0. The van der Waals surface area contributed by atoms with Gasteiger partial charge in [0.1, 0.15) is 0 Å². The van der Waals surface area contributed by atoms with Gasteiger partial charge in [0.05, 0.1) is 4.92 Å². The Morgan fingerprint density at radius 3 is 2.68 bits per heavy atom. The van der Waals surface area contributed by atoms with Crippen molar-refractivity contribution in [1.82, 2.24) is 5.32 Å². The Kier molecular flexibility index (Phi) is 4.14. The van der Waals surface area contributed by atoms with E-state index in [9.17, 15) is 14.5 Å². The topological polar surface area (TPSA) is 55.2 Å². The summed E-state index contributed by atoms with van der Waals surface area (Å²) in [4.78, 5) is 9.81. The third kappa shape index (κ3) is 3.10. The van der Waals surface area contributed by atoms with E-state index < -0.39 is 16.4 Å². The van der Waals surface area contributed by atoms with Gasteiger partial charge in [0.2, 0.25) is 5.82 Å². The molecule has 0 atom stereocenters. The summed E-state index contributed by atoms with van der Waals surface area (Å²) in [5.41, 5.74) is 0.695. The molecule has 1 aromatic carbocycles. The summed E-state index contributed by atoms with van der Waals surface area (Å²) in [6, 6.07) is 4.07. The number of nitro groups is 1. The van der Waals surface area contributed by atoms with Crippen molar-refractivity contribution in [3.63, 3.8) is 0 Å². The van der Waals surface area contributed by atoms with Gasteiger partial charge in [-0.3, -0.25) is 10.1 Å². The number of rotatable bonds is 6. The van der Waals surface area contributed by atoms with Gasteiger partial charge in [-0.15, -0.1) is 0 Å². The molecule has 0 unspecified atom stereocenters. The molecular formula is C14H19FN2O2. The smallest absolute Gasteiger partial charge is 0.304 e. The van der Waals surface area contributed by atoms with E-state index in [0.717, 1.165) is 18.5 Å². The van der Waals surface area contributed by atoms with E-state index in [1.807, 2.05) is 0 Å². The van der Waals surface area contributed by atoms with Gasteiger partial charge >= 0.3 is 5.69 Å². The molecule has 0 saturated heterocycles. The van der Waals surface area contributed by atoms with Crippen molar-refractivity contribution < 1.29 is 9.31 Å². The Morgan fingerprint density at radius 2 is 2.21 bits per heavy atom. The van der Waals surface area contributed by atoms with Gasteiger partial charge in [-0.1, -0.05) is 19.4 Å². The van der Waals surface area contributed by atoms with Crippen molar-refractivity contribution in [2.24, 2.45) is 5.41 Å². The Labute approximate surface area is 112 Å². The van der Waals surface area contributed by atoms with Gasteiger partial charge < -0.3 is 5.32 Å². The summed E-state index contributed by atoms with van der Waals surface area (Å²) >= 11 is 0. The van der Waals surface area contributed by atoms with Gasteiger partial charge in [-0.25, -0.2) is 0 Å². The minimum atomic E-state index is -0.766. The molecular weight excluding hydrogens is 247 g/mol. The lowest BCUT2D eigenvalue weighted by Crippen LogP contribution is -2.39. The predicted octanol–water partition coefficient (Wildman–Crippen LogP) is 3.40. The summed E-state index contributed by atoms with van der Waals surface area (Å²) in [5.74, 6) is -0.766. The Balaban J connectivity index is 1.89. The minimum Gasteiger partial charge on any atom is -0.312 e. The largest absolute Gasteiger partial charge is 0.312 e.